The van der Waals surface area contributed by atoms with Gasteiger partial charge in [-0.1, -0.05) is 62.4 Å². The van der Waals surface area contributed by atoms with Crippen LogP contribution in [0, 0.1) is 30.1 Å². The van der Waals surface area contributed by atoms with E-state index >= 15 is 0 Å². The monoisotopic (exact) mass is 655 g/mol. The van der Waals surface area contributed by atoms with E-state index in [1.54, 1.807) is 23.3 Å². The maximum Gasteiger partial charge on any atom is 0.243 e. The number of terminal acetylenes is 1. The first-order chi connectivity index (χ1) is 22.1. The SMILES string of the molecule is C#CCC(NC(=O)[C@H](Cc1ccccc1)CS(=O)(=O)N(C)CCn1ccnc1)C(=O)N[C@@H](CC1CCCCC1)C(O)[C@@H](O)C1CC1. The molecule has 0 spiro atoms. The third kappa shape index (κ3) is 10.7. The van der Waals surface area contributed by atoms with Gasteiger partial charge in [-0.25, -0.2) is 17.7 Å². The van der Waals surface area contributed by atoms with Crippen LogP contribution in [0.5, 0.6) is 0 Å². The Kier molecular flexibility index (Phi) is 13.2. The van der Waals surface area contributed by atoms with Gasteiger partial charge in [-0.15, -0.1) is 12.3 Å². The lowest BCUT2D eigenvalue weighted by Gasteiger charge is -2.33. The summed E-state index contributed by atoms with van der Waals surface area (Å²) < 4.78 is 29.9. The summed E-state index contributed by atoms with van der Waals surface area (Å²) in [5.74, 6) is 0.147. The molecular formula is C34H49N5O6S. The fraction of sp³-hybridized carbons (Fsp3) is 0.618. The van der Waals surface area contributed by atoms with Crippen LogP contribution in [0.2, 0.25) is 0 Å². The summed E-state index contributed by atoms with van der Waals surface area (Å²) in [7, 11) is -2.39. The van der Waals surface area contributed by atoms with Crippen molar-refractivity contribution in [1.82, 2.24) is 24.5 Å². The van der Waals surface area contributed by atoms with Crippen LogP contribution in [0.3, 0.4) is 0 Å². The first-order valence-corrected chi connectivity index (χ1v) is 18.0. The molecule has 1 aromatic carbocycles. The van der Waals surface area contributed by atoms with Crippen molar-refractivity contribution in [2.75, 3.05) is 19.3 Å². The first-order valence-electron chi connectivity index (χ1n) is 16.4. The Labute approximate surface area is 273 Å². The van der Waals surface area contributed by atoms with Crippen LogP contribution in [0.1, 0.15) is 63.4 Å². The number of aromatic nitrogens is 2. The van der Waals surface area contributed by atoms with E-state index in [1.165, 1.54) is 11.4 Å². The molecule has 0 aliphatic heterocycles. The summed E-state index contributed by atoms with van der Waals surface area (Å²) in [4.78, 5) is 31.4. The lowest BCUT2D eigenvalue weighted by molar-refractivity contribution is -0.132. The topological polar surface area (TPSA) is 154 Å². The molecule has 2 unspecified atom stereocenters. The van der Waals surface area contributed by atoms with Crippen molar-refractivity contribution in [1.29, 1.82) is 0 Å². The van der Waals surface area contributed by atoms with Crippen LogP contribution < -0.4 is 10.6 Å². The molecule has 1 aromatic heterocycles. The molecule has 1 heterocycles. The molecule has 2 aliphatic carbocycles. The number of rotatable bonds is 18. The number of hydrogen-bond donors (Lipinski definition) is 4. The zero-order chi connectivity index (χ0) is 33.1. The summed E-state index contributed by atoms with van der Waals surface area (Å²) in [6, 6.07) is 7.28. The van der Waals surface area contributed by atoms with E-state index < -0.39 is 57.8 Å². The van der Waals surface area contributed by atoms with E-state index in [0.29, 0.717) is 18.9 Å². The quantitative estimate of drug-likeness (QED) is 0.180. The number of carbonyl (C=O) groups is 2. The van der Waals surface area contributed by atoms with Crippen molar-refractivity contribution in [3.8, 4) is 12.3 Å². The van der Waals surface area contributed by atoms with Crippen molar-refractivity contribution in [2.45, 2.75) is 95.0 Å². The molecule has 4 N–H and O–H groups in total. The number of nitrogens with one attached hydrogen (secondary N) is 2. The van der Waals surface area contributed by atoms with Crippen molar-refractivity contribution in [3.05, 3.63) is 54.6 Å². The minimum Gasteiger partial charge on any atom is -0.390 e. The summed E-state index contributed by atoms with van der Waals surface area (Å²) in [5.41, 5.74) is 0.779. The Morgan fingerprint density at radius 1 is 1.09 bits per heavy atom. The Balaban J connectivity index is 1.47. The van der Waals surface area contributed by atoms with Crippen molar-refractivity contribution in [2.24, 2.45) is 17.8 Å². The fourth-order valence-electron chi connectivity index (χ4n) is 6.24. The van der Waals surface area contributed by atoms with Gasteiger partial charge in [0.1, 0.15) is 12.1 Å². The van der Waals surface area contributed by atoms with E-state index in [0.717, 1.165) is 50.5 Å². The summed E-state index contributed by atoms with van der Waals surface area (Å²) in [6.45, 7) is 0.594. The Morgan fingerprint density at radius 2 is 1.80 bits per heavy atom. The molecule has 5 atom stereocenters. The van der Waals surface area contributed by atoms with Gasteiger partial charge in [0.2, 0.25) is 21.8 Å². The predicted molar refractivity (Wildman–Crippen MR) is 176 cm³/mol. The zero-order valence-electron chi connectivity index (χ0n) is 26.7. The normalized spacial score (nSPS) is 19.0. The van der Waals surface area contributed by atoms with E-state index in [4.69, 9.17) is 6.42 Å². The van der Waals surface area contributed by atoms with Gasteiger partial charge in [-0.2, -0.15) is 0 Å². The van der Waals surface area contributed by atoms with Gasteiger partial charge in [0.05, 0.1) is 30.1 Å². The van der Waals surface area contributed by atoms with E-state index in [1.807, 2.05) is 30.3 Å². The van der Waals surface area contributed by atoms with Crippen molar-refractivity contribution in [3.63, 3.8) is 0 Å². The van der Waals surface area contributed by atoms with E-state index in [2.05, 4.69) is 21.5 Å². The van der Waals surface area contributed by atoms with Gasteiger partial charge < -0.3 is 25.4 Å². The molecular weight excluding hydrogens is 606 g/mol. The molecule has 0 bridgehead atoms. The van der Waals surface area contributed by atoms with Crippen LogP contribution in [-0.2, 0) is 32.6 Å². The molecule has 46 heavy (non-hydrogen) atoms. The minimum atomic E-state index is -3.87. The number of amides is 2. The average Bonchev–Trinajstić information content (AvgIpc) is 3.77. The van der Waals surface area contributed by atoms with Gasteiger partial charge in [-0.3, -0.25) is 9.59 Å². The Bertz CT molecular complexity index is 1390. The van der Waals surface area contributed by atoms with E-state index in [9.17, 15) is 28.2 Å². The highest BCUT2D eigenvalue weighted by Gasteiger charge is 2.40. The molecule has 0 radical (unpaired) electrons. The Morgan fingerprint density at radius 3 is 2.43 bits per heavy atom. The third-order valence-electron chi connectivity index (χ3n) is 9.28. The molecule has 2 amide bonds. The minimum absolute atomic E-state index is 0.0146. The second-order valence-electron chi connectivity index (χ2n) is 12.9. The predicted octanol–water partition coefficient (Wildman–Crippen LogP) is 2.10. The number of nitrogens with zero attached hydrogens (tertiary/aromatic N) is 3. The molecule has 2 aromatic rings. The Hall–Kier alpha value is -3.24. The molecule has 2 aliphatic rings. The molecule has 2 saturated carbocycles. The second-order valence-corrected chi connectivity index (χ2v) is 15.1. The van der Waals surface area contributed by atoms with Crippen LogP contribution in [-0.4, -0.2) is 87.9 Å². The van der Waals surface area contributed by atoms with Gasteiger partial charge in [0, 0.05) is 39.0 Å². The maximum absolute atomic E-state index is 13.8. The zero-order valence-corrected chi connectivity index (χ0v) is 27.5. The van der Waals surface area contributed by atoms with Crippen LogP contribution in [0.25, 0.3) is 0 Å². The van der Waals surface area contributed by atoms with Gasteiger partial charge in [0.15, 0.2) is 0 Å². The van der Waals surface area contributed by atoms with E-state index in [-0.39, 0.29) is 25.3 Å². The molecule has 4 rings (SSSR count). The van der Waals surface area contributed by atoms with Crippen molar-refractivity contribution >= 4 is 21.8 Å². The highest BCUT2D eigenvalue weighted by Crippen LogP contribution is 2.36. The molecule has 11 nitrogen and oxygen atoms in total. The van der Waals surface area contributed by atoms with Gasteiger partial charge >= 0.3 is 0 Å². The lowest BCUT2D eigenvalue weighted by atomic mass is 9.82. The largest absolute Gasteiger partial charge is 0.390 e. The van der Waals surface area contributed by atoms with Gasteiger partial charge in [0.25, 0.3) is 0 Å². The number of aliphatic hydroxyl groups is 2. The number of benzene rings is 1. The number of carbonyl (C=O) groups excluding carboxylic acids is 2. The molecule has 2 fully saturated rings. The smallest absolute Gasteiger partial charge is 0.243 e. The fourth-order valence-corrected chi connectivity index (χ4v) is 7.63. The second kappa shape index (κ2) is 17.1. The molecule has 12 heteroatoms. The highest BCUT2D eigenvalue weighted by molar-refractivity contribution is 7.89. The van der Waals surface area contributed by atoms with Gasteiger partial charge in [-0.05, 0) is 43.1 Å². The van der Waals surface area contributed by atoms with Crippen molar-refractivity contribution < 1.29 is 28.2 Å². The van der Waals surface area contributed by atoms with Crippen LogP contribution >= 0.6 is 0 Å². The summed E-state index contributed by atoms with van der Waals surface area (Å²) >= 11 is 0. The number of sulfonamides is 1. The summed E-state index contributed by atoms with van der Waals surface area (Å²) in [6.07, 6.45) is 16.0. The number of hydrogen-bond acceptors (Lipinski definition) is 7. The molecule has 0 saturated heterocycles. The highest BCUT2D eigenvalue weighted by atomic mass is 32.2. The van der Waals surface area contributed by atoms with Crippen LogP contribution in [0.15, 0.2) is 49.1 Å². The number of likely N-dealkylation sites (N-methyl/N-ethyl adjacent to an activating group) is 1. The lowest BCUT2D eigenvalue weighted by Crippen LogP contribution is -2.56. The standard InChI is InChI=1S/C34H49N5O6S/c1-3-10-29(34(43)37-30(22-26-13-8-5-9-14-26)32(41)31(40)27-15-16-27)36-33(42)28(21-25-11-6-4-7-12-25)23-46(44,45)38(2)19-20-39-18-17-35-24-39/h1,4,6-7,11-12,17-18,24,26-32,40-41H,5,8-10,13-16,19-23H2,2H3,(H,36,42)(H,37,43)/t28-,29?,30+,31+,32?/m1/s1. The van der Waals surface area contributed by atoms with Crippen LogP contribution in [0.4, 0.5) is 0 Å². The average molecular weight is 656 g/mol. The number of aliphatic hydroxyl groups excluding tert-OH is 2. The molecule has 252 valence electrons. The summed E-state index contributed by atoms with van der Waals surface area (Å²) in [5, 5.41) is 27.5. The maximum atomic E-state index is 13.8. The number of imidazole rings is 1. The first kappa shape index (κ1) is 35.6. The third-order valence-corrected chi connectivity index (χ3v) is 11.2.